The lowest BCUT2D eigenvalue weighted by Gasteiger charge is -2.31. The van der Waals surface area contributed by atoms with Crippen molar-refractivity contribution in [3.8, 4) is 11.8 Å². The summed E-state index contributed by atoms with van der Waals surface area (Å²) in [5, 5.41) is 8.87. The summed E-state index contributed by atoms with van der Waals surface area (Å²) in [5.74, 6) is 0.914. The van der Waals surface area contributed by atoms with Crippen LogP contribution >= 0.6 is 0 Å². The summed E-state index contributed by atoms with van der Waals surface area (Å²) in [4.78, 5) is 17.4. The highest BCUT2D eigenvalue weighted by Gasteiger charge is 2.26. The molecule has 2 aliphatic rings. The van der Waals surface area contributed by atoms with E-state index < -0.39 is 0 Å². The minimum absolute atomic E-state index is 0.136. The van der Waals surface area contributed by atoms with Crippen molar-refractivity contribution in [2.24, 2.45) is 0 Å². The van der Waals surface area contributed by atoms with Crippen LogP contribution in [0.4, 0.5) is 0 Å². The number of nitrogens with zero attached hydrogens (tertiary/aromatic N) is 3. The lowest BCUT2D eigenvalue weighted by molar-refractivity contribution is 0.0716. The fourth-order valence-corrected chi connectivity index (χ4v) is 4.23. The number of fused-ring (bicyclic) bond motifs is 1. The zero-order valence-corrected chi connectivity index (χ0v) is 16.9. The van der Waals surface area contributed by atoms with Crippen molar-refractivity contribution in [2.75, 3.05) is 26.2 Å². The summed E-state index contributed by atoms with van der Waals surface area (Å²) in [5.41, 5.74) is 3.53. The smallest absolute Gasteiger partial charge is 0.254 e. The Balaban J connectivity index is 1.35. The number of rotatable bonds is 6. The topological polar surface area (TPSA) is 56.6 Å². The van der Waals surface area contributed by atoms with Gasteiger partial charge in [0, 0.05) is 31.2 Å². The van der Waals surface area contributed by atoms with Crippen molar-refractivity contribution in [3.63, 3.8) is 0 Å². The molecule has 1 fully saturated rings. The number of benzene rings is 2. The van der Waals surface area contributed by atoms with Crippen LogP contribution < -0.4 is 4.74 Å². The van der Waals surface area contributed by atoms with Gasteiger partial charge in [-0.1, -0.05) is 12.1 Å². The van der Waals surface area contributed by atoms with E-state index in [1.807, 2.05) is 35.2 Å². The molecule has 0 bridgehead atoms. The van der Waals surface area contributed by atoms with Gasteiger partial charge in [0.05, 0.1) is 11.6 Å². The molecular weight excluding hydrogens is 362 g/mol. The van der Waals surface area contributed by atoms with Gasteiger partial charge in [-0.3, -0.25) is 9.69 Å². The molecule has 0 saturated carbocycles. The SMILES string of the molecule is CC1CCCN1CCN1CCc2cc(OCc3ccc(C#N)cc3)ccc2C1=O. The standard InChI is InChI=1S/C24H27N3O2/c1-18-3-2-11-26(18)13-14-27-12-10-21-15-22(8-9-23(21)24(27)28)29-17-20-6-4-19(16-25)5-7-20/h4-9,15,18H,2-3,10-14,17H2,1H3. The summed E-state index contributed by atoms with van der Waals surface area (Å²) < 4.78 is 5.91. The van der Waals surface area contributed by atoms with Crippen molar-refractivity contribution in [3.05, 3.63) is 64.7 Å². The van der Waals surface area contributed by atoms with Gasteiger partial charge in [0.15, 0.2) is 0 Å². The van der Waals surface area contributed by atoms with Gasteiger partial charge in [0.25, 0.3) is 5.91 Å². The van der Waals surface area contributed by atoms with Crippen molar-refractivity contribution in [1.82, 2.24) is 9.80 Å². The molecule has 0 N–H and O–H groups in total. The third kappa shape index (κ3) is 4.44. The molecule has 2 aliphatic heterocycles. The third-order valence-electron chi connectivity index (χ3n) is 6.08. The van der Waals surface area contributed by atoms with Crippen LogP contribution in [0.5, 0.6) is 5.75 Å². The molecule has 29 heavy (non-hydrogen) atoms. The third-order valence-corrected chi connectivity index (χ3v) is 6.08. The van der Waals surface area contributed by atoms with Gasteiger partial charge in [-0.25, -0.2) is 0 Å². The number of likely N-dealkylation sites (tertiary alicyclic amines) is 1. The molecule has 1 saturated heterocycles. The van der Waals surface area contributed by atoms with Gasteiger partial charge in [0.1, 0.15) is 12.4 Å². The first-order valence-corrected chi connectivity index (χ1v) is 10.4. The van der Waals surface area contributed by atoms with E-state index in [1.165, 1.54) is 12.8 Å². The number of amides is 1. The molecule has 2 heterocycles. The first-order chi connectivity index (χ1) is 14.1. The highest BCUT2D eigenvalue weighted by atomic mass is 16.5. The van der Waals surface area contributed by atoms with Gasteiger partial charge < -0.3 is 9.64 Å². The first kappa shape index (κ1) is 19.5. The molecule has 5 heteroatoms. The number of carbonyl (C=O) groups is 1. The van der Waals surface area contributed by atoms with Crippen LogP contribution in [0.3, 0.4) is 0 Å². The molecule has 0 radical (unpaired) electrons. The van der Waals surface area contributed by atoms with E-state index in [-0.39, 0.29) is 5.91 Å². The van der Waals surface area contributed by atoms with E-state index in [0.717, 1.165) is 55.0 Å². The van der Waals surface area contributed by atoms with Crippen LogP contribution in [-0.4, -0.2) is 47.9 Å². The second-order valence-electron chi connectivity index (χ2n) is 7.99. The number of ether oxygens (including phenoxy) is 1. The largest absolute Gasteiger partial charge is 0.489 e. The average Bonchev–Trinajstić information content (AvgIpc) is 3.17. The van der Waals surface area contributed by atoms with Gasteiger partial charge in [-0.05, 0) is 74.2 Å². The molecule has 0 spiro atoms. The average molecular weight is 389 g/mol. The number of nitriles is 1. The molecule has 0 aliphatic carbocycles. The minimum Gasteiger partial charge on any atom is -0.489 e. The van der Waals surface area contributed by atoms with Gasteiger partial charge in [0.2, 0.25) is 0 Å². The summed E-state index contributed by atoms with van der Waals surface area (Å²) in [6, 6.07) is 15.9. The van der Waals surface area contributed by atoms with E-state index >= 15 is 0 Å². The van der Waals surface area contributed by atoms with E-state index in [9.17, 15) is 4.79 Å². The number of hydrogen-bond donors (Lipinski definition) is 0. The van der Waals surface area contributed by atoms with Crippen LogP contribution in [0.1, 0.15) is 46.8 Å². The Morgan fingerprint density at radius 3 is 2.69 bits per heavy atom. The predicted molar refractivity (Wildman–Crippen MR) is 112 cm³/mol. The zero-order valence-electron chi connectivity index (χ0n) is 16.9. The lowest BCUT2D eigenvalue weighted by atomic mass is 9.98. The normalized spacial score (nSPS) is 19.1. The van der Waals surface area contributed by atoms with Crippen molar-refractivity contribution in [1.29, 1.82) is 5.26 Å². The maximum absolute atomic E-state index is 12.9. The van der Waals surface area contributed by atoms with Crippen LogP contribution in [0, 0.1) is 11.3 Å². The Labute approximate surface area is 172 Å². The second kappa shape index (κ2) is 8.67. The van der Waals surface area contributed by atoms with Crippen LogP contribution in [0.15, 0.2) is 42.5 Å². The lowest BCUT2D eigenvalue weighted by Crippen LogP contribution is -2.43. The molecule has 1 atom stereocenters. The van der Waals surface area contributed by atoms with Gasteiger partial charge >= 0.3 is 0 Å². The molecule has 0 aromatic heterocycles. The van der Waals surface area contributed by atoms with Crippen LogP contribution in [-0.2, 0) is 13.0 Å². The Morgan fingerprint density at radius 2 is 1.97 bits per heavy atom. The maximum atomic E-state index is 12.9. The highest BCUT2D eigenvalue weighted by Crippen LogP contribution is 2.25. The summed E-state index contributed by atoms with van der Waals surface area (Å²) in [7, 11) is 0. The summed E-state index contributed by atoms with van der Waals surface area (Å²) in [6.45, 7) is 6.42. The predicted octanol–water partition coefficient (Wildman–Crippen LogP) is 3.62. The van der Waals surface area contributed by atoms with E-state index in [0.29, 0.717) is 18.2 Å². The minimum atomic E-state index is 0.136. The molecule has 2 aromatic carbocycles. The quantitative estimate of drug-likeness (QED) is 0.757. The number of hydrogen-bond acceptors (Lipinski definition) is 4. The molecule has 1 unspecified atom stereocenters. The Morgan fingerprint density at radius 1 is 1.14 bits per heavy atom. The molecule has 1 amide bonds. The summed E-state index contributed by atoms with van der Waals surface area (Å²) >= 11 is 0. The van der Waals surface area contributed by atoms with Crippen LogP contribution in [0.2, 0.25) is 0 Å². The molecule has 4 rings (SSSR count). The zero-order chi connectivity index (χ0) is 20.2. The molecular formula is C24H27N3O2. The van der Waals surface area contributed by atoms with Crippen molar-refractivity contribution >= 4 is 5.91 Å². The van der Waals surface area contributed by atoms with Gasteiger partial charge in [-0.2, -0.15) is 5.26 Å². The van der Waals surface area contributed by atoms with Crippen molar-refractivity contribution < 1.29 is 9.53 Å². The molecule has 5 nitrogen and oxygen atoms in total. The Bertz CT molecular complexity index is 917. The number of carbonyl (C=O) groups excluding carboxylic acids is 1. The first-order valence-electron chi connectivity index (χ1n) is 10.4. The fourth-order valence-electron chi connectivity index (χ4n) is 4.23. The van der Waals surface area contributed by atoms with Crippen molar-refractivity contribution in [2.45, 2.75) is 38.8 Å². The highest BCUT2D eigenvalue weighted by molar-refractivity contribution is 5.97. The maximum Gasteiger partial charge on any atom is 0.254 e. The van der Waals surface area contributed by atoms with E-state index in [1.54, 1.807) is 12.1 Å². The molecule has 2 aromatic rings. The second-order valence-corrected chi connectivity index (χ2v) is 7.99. The van der Waals surface area contributed by atoms with E-state index in [2.05, 4.69) is 17.9 Å². The van der Waals surface area contributed by atoms with E-state index in [4.69, 9.17) is 10.00 Å². The fraction of sp³-hybridized carbons (Fsp3) is 0.417. The Hall–Kier alpha value is -2.84. The van der Waals surface area contributed by atoms with Crippen LogP contribution in [0.25, 0.3) is 0 Å². The molecule has 150 valence electrons. The monoisotopic (exact) mass is 389 g/mol. The Kier molecular flexibility index (Phi) is 5.82. The summed E-state index contributed by atoms with van der Waals surface area (Å²) in [6.07, 6.45) is 3.40. The van der Waals surface area contributed by atoms with Gasteiger partial charge in [-0.15, -0.1) is 0 Å².